The van der Waals surface area contributed by atoms with Crippen molar-refractivity contribution in [2.45, 2.75) is 33.1 Å². The lowest BCUT2D eigenvalue weighted by Crippen LogP contribution is -2.38. The fraction of sp³-hybridized carbons (Fsp3) is 0.261. The molecule has 5 heteroatoms. The number of rotatable bonds is 4. The average Bonchev–Trinajstić information content (AvgIpc) is 2.66. The molecule has 1 N–H and O–H groups in total. The average molecular weight is 377 g/mol. The molecule has 0 aliphatic rings. The van der Waals surface area contributed by atoms with Crippen molar-refractivity contribution in [1.29, 1.82) is 0 Å². The number of likely N-dealkylation sites (N-methyl/N-ethyl adjacent to an activating group) is 1. The number of aromatic nitrogens is 2. The number of hydrogen-bond acceptors (Lipinski definition) is 3. The van der Waals surface area contributed by atoms with Gasteiger partial charge < -0.3 is 5.32 Å². The zero-order chi connectivity index (χ0) is 20.5. The maximum Gasteiger partial charge on any atom is 0.229 e. The Balaban J connectivity index is 2.27. The Bertz CT molecular complexity index is 1040. The number of nitrogens with one attached hydrogen (secondary N) is 1. The van der Waals surface area contributed by atoms with Crippen molar-refractivity contribution in [2.75, 3.05) is 7.05 Å². The first kappa shape index (κ1) is 19.7. The highest BCUT2D eigenvalue weighted by Gasteiger charge is 2.32. The monoisotopic (exact) mass is 377 g/mol. The van der Waals surface area contributed by atoms with Crippen LogP contribution in [0.1, 0.15) is 30.7 Å². The van der Waals surface area contributed by atoms with E-state index in [9.17, 15) is 9.18 Å². The molecule has 1 amide bonds. The van der Waals surface area contributed by atoms with Crippen LogP contribution in [0.3, 0.4) is 0 Å². The molecule has 0 bridgehead atoms. The third-order valence-corrected chi connectivity index (χ3v) is 5.04. The zero-order valence-corrected chi connectivity index (χ0v) is 16.8. The largest absolute Gasteiger partial charge is 0.358 e. The fourth-order valence-corrected chi connectivity index (χ4v) is 3.40. The number of pyridine rings is 2. The second kappa shape index (κ2) is 7.50. The number of amides is 1. The van der Waals surface area contributed by atoms with E-state index in [-0.39, 0.29) is 11.7 Å². The van der Waals surface area contributed by atoms with E-state index >= 15 is 0 Å². The lowest BCUT2D eigenvalue weighted by atomic mass is 9.79. The van der Waals surface area contributed by atoms with Crippen molar-refractivity contribution in [3.05, 3.63) is 71.4 Å². The molecule has 0 atom stereocenters. The molecular formula is C23H24FN3O. The SMILES string of the molecule is CNC(=O)C(C)(C)c1cnc(-c2ccnc(C)c2)cc1-c1ccc(F)cc1C. The summed E-state index contributed by atoms with van der Waals surface area (Å²) in [6, 6.07) is 10.5. The first-order chi connectivity index (χ1) is 13.2. The highest BCUT2D eigenvalue weighted by atomic mass is 19.1. The molecule has 0 radical (unpaired) electrons. The maximum absolute atomic E-state index is 13.7. The molecule has 0 saturated heterocycles. The molecule has 1 aromatic carbocycles. The van der Waals surface area contributed by atoms with Gasteiger partial charge in [-0.25, -0.2) is 4.39 Å². The van der Waals surface area contributed by atoms with Gasteiger partial charge in [-0.15, -0.1) is 0 Å². The van der Waals surface area contributed by atoms with Crippen molar-refractivity contribution >= 4 is 5.91 Å². The molecule has 2 heterocycles. The summed E-state index contributed by atoms with van der Waals surface area (Å²) in [6.45, 7) is 7.52. The van der Waals surface area contributed by atoms with Crippen molar-refractivity contribution in [2.24, 2.45) is 0 Å². The smallest absolute Gasteiger partial charge is 0.229 e. The Morgan fingerprint density at radius 3 is 2.43 bits per heavy atom. The molecule has 0 aliphatic heterocycles. The minimum Gasteiger partial charge on any atom is -0.358 e. The molecule has 0 saturated carbocycles. The van der Waals surface area contributed by atoms with Crippen molar-refractivity contribution in [1.82, 2.24) is 15.3 Å². The number of carbonyl (C=O) groups excluding carboxylic acids is 1. The van der Waals surface area contributed by atoms with Gasteiger partial charge in [-0.05, 0) is 80.3 Å². The summed E-state index contributed by atoms with van der Waals surface area (Å²) in [5.41, 5.74) is 5.15. The number of halogens is 1. The van der Waals surface area contributed by atoms with Crippen molar-refractivity contribution in [3.8, 4) is 22.4 Å². The normalized spacial score (nSPS) is 11.4. The molecule has 4 nitrogen and oxygen atoms in total. The summed E-state index contributed by atoms with van der Waals surface area (Å²) in [5.74, 6) is -0.393. The van der Waals surface area contributed by atoms with Gasteiger partial charge in [0.15, 0.2) is 0 Å². The second-order valence-electron chi connectivity index (χ2n) is 7.46. The third kappa shape index (κ3) is 3.65. The highest BCUT2D eigenvalue weighted by Crippen LogP contribution is 2.37. The quantitative estimate of drug-likeness (QED) is 0.723. The molecule has 144 valence electrons. The van der Waals surface area contributed by atoms with E-state index in [1.165, 1.54) is 12.1 Å². The van der Waals surface area contributed by atoms with Gasteiger partial charge in [0.2, 0.25) is 5.91 Å². The van der Waals surface area contributed by atoms with Gasteiger partial charge in [0.25, 0.3) is 0 Å². The van der Waals surface area contributed by atoms with Crippen LogP contribution in [0.2, 0.25) is 0 Å². The van der Waals surface area contributed by atoms with Gasteiger partial charge in [0.05, 0.1) is 11.1 Å². The Morgan fingerprint density at radius 2 is 1.79 bits per heavy atom. The van der Waals surface area contributed by atoms with Gasteiger partial charge in [0.1, 0.15) is 5.82 Å². The Hall–Kier alpha value is -3.08. The molecule has 0 spiro atoms. The number of aryl methyl sites for hydroxylation is 2. The lowest BCUT2D eigenvalue weighted by molar-refractivity contribution is -0.125. The lowest BCUT2D eigenvalue weighted by Gasteiger charge is -2.26. The molecule has 3 rings (SSSR count). The van der Waals surface area contributed by atoms with E-state index in [0.717, 1.165) is 39.2 Å². The standard InChI is InChI=1S/C23H24FN3O/c1-14-10-17(24)6-7-18(14)19-12-21(16-8-9-26-15(2)11-16)27-13-20(19)23(3,4)22(28)25-5/h6-13H,1-5H3,(H,25,28). The Kier molecular flexibility index (Phi) is 5.27. The van der Waals surface area contributed by atoms with Crippen LogP contribution in [0.5, 0.6) is 0 Å². The number of benzene rings is 1. The predicted octanol–water partition coefficient (Wildman–Crippen LogP) is 4.59. The highest BCUT2D eigenvalue weighted by molar-refractivity contribution is 5.90. The van der Waals surface area contributed by atoms with Crippen LogP contribution in [-0.2, 0) is 10.2 Å². The molecule has 0 unspecified atom stereocenters. The first-order valence-corrected chi connectivity index (χ1v) is 9.16. The number of hydrogen-bond donors (Lipinski definition) is 1. The van der Waals surface area contributed by atoms with E-state index in [0.29, 0.717) is 0 Å². The Labute approximate surface area is 164 Å². The van der Waals surface area contributed by atoms with E-state index in [4.69, 9.17) is 0 Å². The zero-order valence-electron chi connectivity index (χ0n) is 16.8. The minimum atomic E-state index is -0.801. The van der Waals surface area contributed by atoms with Crippen LogP contribution in [0.25, 0.3) is 22.4 Å². The maximum atomic E-state index is 13.7. The van der Waals surface area contributed by atoms with Crippen LogP contribution >= 0.6 is 0 Å². The van der Waals surface area contributed by atoms with Crippen LogP contribution in [0.15, 0.2) is 48.8 Å². The van der Waals surface area contributed by atoms with E-state index in [1.54, 1.807) is 25.5 Å². The van der Waals surface area contributed by atoms with Crippen LogP contribution in [0.4, 0.5) is 4.39 Å². The molecule has 0 aliphatic carbocycles. The number of carbonyl (C=O) groups is 1. The minimum absolute atomic E-state index is 0.108. The summed E-state index contributed by atoms with van der Waals surface area (Å²) in [5, 5.41) is 2.72. The van der Waals surface area contributed by atoms with Crippen molar-refractivity contribution < 1.29 is 9.18 Å². The van der Waals surface area contributed by atoms with E-state index < -0.39 is 5.41 Å². The molecule has 2 aromatic heterocycles. The van der Waals surface area contributed by atoms with Crippen LogP contribution in [-0.4, -0.2) is 22.9 Å². The molecule has 28 heavy (non-hydrogen) atoms. The molecule has 3 aromatic rings. The fourth-order valence-electron chi connectivity index (χ4n) is 3.40. The van der Waals surface area contributed by atoms with Gasteiger partial charge in [-0.2, -0.15) is 0 Å². The second-order valence-corrected chi connectivity index (χ2v) is 7.46. The van der Waals surface area contributed by atoms with Gasteiger partial charge >= 0.3 is 0 Å². The van der Waals surface area contributed by atoms with Gasteiger partial charge in [0, 0.05) is 30.7 Å². The van der Waals surface area contributed by atoms with Crippen LogP contribution < -0.4 is 5.32 Å². The topological polar surface area (TPSA) is 54.9 Å². The van der Waals surface area contributed by atoms with Crippen LogP contribution in [0, 0.1) is 19.7 Å². The third-order valence-electron chi connectivity index (χ3n) is 5.04. The molecular weight excluding hydrogens is 353 g/mol. The van der Waals surface area contributed by atoms with Gasteiger partial charge in [-0.1, -0.05) is 6.07 Å². The summed E-state index contributed by atoms with van der Waals surface area (Å²) in [6.07, 6.45) is 3.50. The van der Waals surface area contributed by atoms with Crippen molar-refractivity contribution in [3.63, 3.8) is 0 Å². The molecule has 0 fully saturated rings. The summed E-state index contributed by atoms with van der Waals surface area (Å²) >= 11 is 0. The first-order valence-electron chi connectivity index (χ1n) is 9.16. The predicted molar refractivity (Wildman–Crippen MR) is 109 cm³/mol. The summed E-state index contributed by atoms with van der Waals surface area (Å²) in [4.78, 5) is 21.4. The summed E-state index contributed by atoms with van der Waals surface area (Å²) in [7, 11) is 1.62. The van der Waals surface area contributed by atoms with E-state index in [1.807, 2.05) is 45.9 Å². The number of nitrogens with zero attached hydrogens (tertiary/aromatic N) is 2. The van der Waals surface area contributed by atoms with E-state index in [2.05, 4.69) is 15.3 Å². The Morgan fingerprint density at radius 1 is 1.04 bits per heavy atom. The summed E-state index contributed by atoms with van der Waals surface area (Å²) < 4.78 is 13.7. The van der Waals surface area contributed by atoms with Gasteiger partial charge in [-0.3, -0.25) is 14.8 Å².